The molecule has 2 aliphatic rings. The summed E-state index contributed by atoms with van der Waals surface area (Å²) in [4.78, 5) is 38.4. The van der Waals surface area contributed by atoms with Gasteiger partial charge in [0, 0.05) is 17.9 Å². The van der Waals surface area contributed by atoms with Gasteiger partial charge in [0.05, 0.1) is 0 Å². The number of carbonyl (C=O) groups excluding carboxylic acids is 2. The number of aliphatic carboxylic acids is 1. The number of imide groups is 1. The zero-order chi connectivity index (χ0) is 21.5. The summed E-state index contributed by atoms with van der Waals surface area (Å²) in [5, 5.41) is 9.64. The molecule has 5 rings (SSSR count). The van der Waals surface area contributed by atoms with Crippen molar-refractivity contribution in [2.75, 3.05) is 6.61 Å². The zero-order valence-corrected chi connectivity index (χ0v) is 16.5. The molecule has 0 fully saturated rings. The average Bonchev–Trinajstić information content (AvgIpc) is 3.11. The third-order valence-corrected chi connectivity index (χ3v) is 6.01. The second kappa shape index (κ2) is 7.40. The van der Waals surface area contributed by atoms with Crippen molar-refractivity contribution in [1.29, 1.82) is 0 Å². The lowest BCUT2D eigenvalue weighted by atomic mass is 9.93. The standard InChI is InChI=1S/C25H19NO5/c27-23-16-8-2-1-7-15(16)13-22(24(28)29)26(23)25(30)31-14-21-19-11-5-3-9-17(19)18-10-4-6-12-20(18)21/h1-12,21-22H,13-14H2,(H,28,29)/t22-/m0/s1. The number of amides is 2. The smallest absolute Gasteiger partial charge is 0.417 e. The summed E-state index contributed by atoms with van der Waals surface area (Å²) in [6.07, 6.45) is -0.879. The van der Waals surface area contributed by atoms with Crippen molar-refractivity contribution in [2.24, 2.45) is 0 Å². The molecular formula is C25H19NO5. The van der Waals surface area contributed by atoms with Crippen LogP contribution in [0.1, 0.15) is 33.0 Å². The van der Waals surface area contributed by atoms with Crippen LogP contribution in [0.25, 0.3) is 11.1 Å². The van der Waals surface area contributed by atoms with Crippen LogP contribution in [0.5, 0.6) is 0 Å². The Morgan fingerprint density at radius 3 is 2.03 bits per heavy atom. The molecule has 0 unspecified atom stereocenters. The molecule has 0 radical (unpaired) electrons. The number of fused-ring (bicyclic) bond motifs is 4. The van der Waals surface area contributed by atoms with Gasteiger partial charge in [-0.3, -0.25) is 4.79 Å². The first-order valence-corrected chi connectivity index (χ1v) is 10.1. The number of hydrogen-bond acceptors (Lipinski definition) is 4. The van der Waals surface area contributed by atoms with E-state index in [1.165, 1.54) is 0 Å². The fraction of sp³-hybridized carbons (Fsp3) is 0.160. The average molecular weight is 413 g/mol. The van der Waals surface area contributed by atoms with Crippen LogP contribution in [0.3, 0.4) is 0 Å². The molecule has 0 spiro atoms. The molecule has 0 bridgehead atoms. The van der Waals surface area contributed by atoms with Crippen LogP contribution in [0.15, 0.2) is 72.8 Å². The number of benzene rings is 3. The first kappa shape index (κ1) is 19.1. The van der Waals surface area contributed by atoms with Gasteiger partial charge >= 0.3 is 12.1 Å². The van der Waals surface area contributed by atoms with E-state index >= 15 is 0 Å². The minimum atomic E-state index is -1.29. The molecule has 154 valence electrons. The van der Waals surface area contributed by atoms with Gasteiger partial charge in [0.15, 0.2) is 0 Å². The summed E-state index contributed by atoms with van der Waals surface area (Å²) in [7, 11) is 0. The molecule has 1 aliphatic carbocycles. The van der Waals surface area contributed by atoms with E-state index in [9.17, 15) is 19.5 Å². The van der Waals surface area contributed by atoms with Crippen molar-refractivity contribution in [3.05, 3.63) is 95.1 Å². The number of rotatable bonds is 3. The van der Waals surface area contributed by atoms with Gasteiger partial charge in [-0.25, -0.2) is 14.5 Å². The van der Waals surface area contributed by atoms with Gasteiger partial charge in [-0.15, -0.1) is 0 Å². The summed E-state index contributed by atoms with van der Waals surface area (Å²) in [5.74, 6) is -2.06. The van der Waals surface area contributed by atoms with Crippen LogP contribution in [0.2, 0.25) is 0 Å². The molecule has 1 heterocycles. The van der Waals surface area contributed by atoms with Gasteiger partial charge in [-0.2, -0.15) is 0 Å². The van der Waals surface area contributed by atoms with E-state index in [1.54, 1.807) is 24.3 Å². The highest BCUT2D eigenvalue weighted by Gasteiger charge is 2.42. The van der Waals surface area contributed by atoms with Crippen LogP contribution in [-0.4, -0.2) is 40.6 Å². The Morgan fingerprint density at radius 2 is 1.42 bits per heavy atom. The minimum Gasteiger partial charge on any atom is -0.480 e. The van der Waals surface area contributed by atoms with Crippen LogP contribution in [-0.2, 0) is 16.0 Å². The van der Waals surface area contributed by atoms with Gasteiger partial charge in [-0.1, -0.05) is 66.7 Å². The van der Waals surface area contributed by atoms with Gasteiger partial charge < -0.3 is 9.84 Å². The predicted octanol–water partition coefficient (Wildman–Crippen LogP) is 4.09. The fourth-order valence-electron chi connectivity index (χ4n) is 4.55. The second-order valence-corrected chi connectivity index (χ2v) is 7.69. The van der Waals surface area contributed by atoms with E-state index in [4.69, 9.17) is 4.74 Å². The van der Waals surface area contributed by atoms with Crippen LogP contribution in [0, 0.1) is 0 Å². The highest BCUT2D eigenvalue weighted by molar-refractivity contribution is 6.07. The molecule has 0 aromatic heterocycles. The number of carbonyl (C=O) groups is 3. The molecule has 3 aromatic carbocycles. The quantitative estimate of drug-likeness (QED) is 0.699. The zero-order valence-electron chi connectivity index (χ0n) is 16.5. The van der Waals surface area contributed by atoms with Gasteiger partial charge in [0.1, 0.15) is 12.6 Å². The van der Waals surface area contributed by atoms with Crippen molar-refractivity contribution in [2.45, 2.75) is 18.4 Å². The molecule has 0 saturated carbocycles. The highest BCUT2D eigenvalue weighted by Crippen LogP contribution is 2.44. The van der Waals surface area contributed by atoms with Crippen LogP contribution < -0.4 is 0 Å². The summed E-state index contributed by atoms with van der Waals surface area (Å²) in [6.45, 7) is 0.0185. The van der Waals surface area contributed by atoms with Crippen molar-refractivity contribution in [1.82, 2.24) is 4.90 Å². The summed E-state index contributed by atoms with van der Waals surface area (Å²) < 4.78 is 5.55. The number of carboxylic acids is 1. The van der Waals surface area contributed by atoms with E-state index in [2.05, 4.69) is 0 Å². The first-order chi connectivity index (χ1) is 15.1. The van der Waals surface area contributed by atoms with Gasteiger partial charge in [-0.05, 0) is 33.9 Å². The molecule has 3 aromatic rings. The van der Waals surface area contributed by atoms with Crippen molar-refractivity contribution < 1.29 is 24.2 Å². The number of carboxylic acid groups (broad SMARTS) is 1. The van der Waals surface area contributed by atoms with E-state index in [0.717, 1.165) is 27.2 Å². The van der Waals surface area contributed by atoms with Crippen molar-refractivity contribution in [3.63, 3.8) is 0 Å². The molecule has 1 aliphatic heterocycles. The van der Waals surface area contributed by atoms with E-state index < -0.39 is 24.0 Å². The molecule has 31 heavy (non-hydrogen) atoms. The lowest BCUT2D eigenvalue weighted by Gasteiger charge is -2.32. The van der Waals surface area contributed by atoms with E-state index in [-0.39, 0.29) is 18.9 Å². The minimum absolute atomic E-state index is 0.0185. The largest absolute Gasteiger partial charge is 0.480 e. The maximum Gasteiger partial charge on any atom is 0.417 e. The Balaban J connectivity index is 1.42. The highest BCUT2D eigenvalue weighted by atomic mass is 16.6. The Hall–Kier alpha value is -3.93. The van der Waals surface area contributed by atoms with Crippen molar-refractivity contribution >= 4 is 18.0 Å². The van der Waals surface area contributed by atoms with Gasteiger partial charge in [0.25, 0.3) is 5.91 Å². The fourth-order valence-corrected chi connectivity index (χ4v) is 4.55. The van der Waals surface area contributed by atoms with Gasteiger partial charge in [0.2, 0.25) is 0 Å². The number of nitrogens with zero attached hydrogens (tertiary/aromatic N) is 1. The normalized spacial score (nSPS) is 17.0. The molecule has 0 saturated heterocycles. The topological polar surface area (TPSA) is 83.9 Å². The molecule has 1 atom stereocenters. The van der Waals surface area contributed by atoms with Crippen molar-refractivity contribution in [3.8, 4) is 11.1 Å². The maximum absolute atomic E-state index is 12.9. The van der Waals surface area contributed by atoms with E-state index in [1.807, 2.05) is 48.5 Å². The lowest BCUT2D eigenvalue weighted by Crippen LogP contribution is -2.53. The third-order valence-electron chi connectivity index (χ3n) is 6.01. The lowest BCUT2D eigenvalue weighted by molar-refractivity contribution is -0.142. The maximum atomic E-state index is 12.9. The summed E-state index contributed by atoms with van der Waals surface area (Å²) in [5.41, 5.74) is 5.20. The Labute approximate surface area is 178 Å². The van der Waals surface area contributed by atoms with Crippen LogP contribution in [0.4, 0.5) is 4.79 Å². The molecule has 6 heteroatoms. The van der Waals surface area contributed by atoms with Crippen LogP contribution >= 0.6 is 0 Å². The molecular weight excluding hydrogens is 394 g/mol. The summed E-state index contributed by atoms with van der Waals surface area (Å²) >= 11 is 0. The van der Waals surface area contributed by atoms with E-state index in [0.29, 0.717) is 11.1 Å². The third kappa shape index (κ3) is 3.08. The summed E-state index contributed by atoms with van der Waals surface area (Å²) in [6, 6.07) is 21.3. The monoisotopic (exact) mass is 413 g/mol. The molecule has 6 nitrogen and oxygen atoms in total. The predicted molar refractivity (Wildman–Crippen MR) is 113 cm³/mol. The SMILES string of the molecule is O=C(O)[C@@H]1Cc2ccccc2C(=O)N1C(=O)OCC1c2ccccc2-c2ccccc21. The molecule has 1 N–H and O–H groups in total. The first-order valence-electron chi connectivity index (χ1n) is 10.1. The number of ether oxygens (including phenoxy) is 1. The Bertz CT molecular complexity index is 1170. The Kier molecular flexibility index (Phi) is 4.55. The Morgan fingerprint density at radius 1 is 0.871 bits per heavy atom. The number of hydrogen-bond donors (Lipinski definition) is 1. The molecule has 2 amide bonds. The second-order valence-electron chi connectivity index (χ2n) is 7.69.